The molecule has 0 aliphatic rings. The predicted octanol–water partition coefficient (Wildman–Crippen LogP) is -2.28. The van der Waals surface area contributed by atoms with Crippen LogP contribution in [-0.2, 0) is 30.4 Å². The lowest BCUT2D eigenvalue weighted by atomic mass is 10.0. The fourth-order valence-corrected chi connectivity index (χ4v) is 2.96. The van der Waals surface area contributed by atoms with Crippen LogP contribution < -0.4 is 21.7 Å². The smallest absolute Gasteiger partial charge is 0.328 e. The van der Waals surface area contributed by atoms with Gasteiger partial charge in [0.15, 0.2) is 6.04 Å². The highest BCUT2D eigenvalue weighted by Gasteiger charge is 2.33. The van der Waals surface area contributed by atoms with E-state index in [9.17, 15) is 29.1 Å². The van der Waals surface area contributed by atoms with Crippen molar-refractivity contribution < 1.29 is 39.3 Å². The molecule has 0 bridgehead atoms. The van der Waals surface area contributed by atoms with E-state index < -0.39 is 72.3 Å². The van der Waals surface area contributed by atoms with Gasteiger partial charge in [0.25, 0.3) is 0 Å². The Morgan fingerprint density at radius 3 is 2.09 bits per heavy atom. The lowest BCUT2D eigenvalue weighted by Crippen LogP contribution is -2.59. The van der Waals surface area contributed by atoms with Crippen molar-refractivity contribution in [2.75, 3.05) is 0 Å². The summed E-state index contributed by atoms with van der Waals surface area (Å²) in [5, 5.41) is 34.7. The fraction of sp³-hybridized carbons (Fsp3) is 0.600. The first kappa shape index (κ1) is 28.5. The highest BCUT2D eigenvalue weighted by molar-refractivity contribution is 5.94. The van der Waals surface area contributed by atoms with Crippen LogP contribution in [0.1, 0.15) is 39.3 Å². The first-order chi connectivity index (χ1) is 15.8. The predicted molar refractivity (Wildman–Crippen MR) is 117 cm³/mol. The van der Waals surface area contributed by atoms with Gasteiger partial charge in [-0.2, -0.15) is 0 Å². The van der Waals surface area contributed by atoms with Crippen LogP contribution in [0.2, 0.25) is 0 Å². The number of hydrogen-bond donors (Lipinski definition) is 8. The number of rotatable bonds is 14. The molecule has 0 aliphatic carbocycles. The number of aromatic amines is 1. The summed E-state index contributed by atoms with van der Waals surface area (Å²) in [7, 11) is 0. The number of imidazole rings is 1. The third kappa shape index (κ3) is 9.15. The average Bonchev–Trinajstić information content (AvgIpc) is 3.24. The highest BCUT2D eigenvalue weighted by atomic mass is 16.4. The standard InChI is InChI=1S/C20H32N6O8/c1-9(2)15(25-17(30)12(21)6-11-7-22-8-23-11)19(32)24-13(4-5-14(28)29)18(31)26-16(10(3)27)20(33)34/h7-10,12-13,15-16,27H,4-6,21H2,1-3H3,(H,22,23)(H,24,32)(H,25,30)(H,26,31)(H,28,29)(H,33,34). The van der Waals surface area contributed by atoms with Crippen LogP contribution in [0, 0.1) is 5.92 Å². The summed E-state index contributed by atoms with van der Waals surface area (Å²) in [5.41, 5.74) is 6.51. The molecule has 1 aromatic rings. The average molecular weight is 485 g/mol. The first-order valence-corrected chi connectivity index (χ1v) is 10.6. The maximum absolute atomic E-state index is 12.9. The molecule has 3 amide bonds. The van der Waals surface area contributed by atoms with Crippen molar-refractivity contribution >= 4 is 29.7 Å². The minimum Gasteiger partial charge on any atom is -0.481 e. The summed E-state index contributed by atoms with van der Waals surface area (Å²) in [6.07, 6.45) is 0.770. The summed E-state index contributed by atoms with van der Waals surface area (Å²) in [4.78, 5) is 66.9. The van der Waals surface area contributed by atoms with Crippen LogP contribution in [0.5, 0.6) is 0 Å². The largest absolute Gasteiger partial charge is 0.481 e. The molecule has 0 aromatic carbocycles. The van der Waals surface area contributed by atoms with Gasteiger partial charge in [0.1, 0.15) is 12.1 Å². The number of nitrogens with one attached hydrogen (secondary N) is 4. The molecule has 9 N–H and O–H groups in total. The van der Waals surface area contributed by atoms with Gasteiger partial charge in [-0.15, -0.1) is 0 Å². The molecule has 14 nitrogen and oxygen atoms in total. The summed E-state index contributed by atoms with van der Waals surface area (Å²) >= 11 is 0. The molecule has 0 aliphatic heterocycles. The van der Waals surface area contributed by atoms with Crippen molar-refractivity contribution in [3.8, 4) is 0 Å². The summed E-state index contributed by atoms with van der Waals surface area (Å²) in [5.74, 6) is -5.59. The Balaban J connectivity index is 2.93. The second-order valence-electron chi connectivity index (χ2n) is 8.18. The van der Waals surface area contributed by atoms with Crippen molar-refractivity contribution in [2.45, 2.75) is 70.3 Å². The topological polar surface area (TPSA) is 237 Å². The molecule has 0 radical (unpaired) electrons. The zero-order chi connectivity index (χ0) is 26.0. The SMILES string of the molecule is CC(C)C(NC(=O)C(N)Cc1cnc[nH]1)C(=O)NC(CCC(=O)O)C(=O)NC(C(=O)O)C(C)O. The molecule has 1 rings (SSSR count). The number of hydrogen-bond acceptors (Lipinski definition) is 8. The third-order valence-electron chi connectivity index (χ3n) is 4.90. The Kier molecular flexibility index (Phi) is 11.1. The molecule has 0 fully saturated rings. The monoisotopic (exact) mass is 484 g/mol. The first-order valence-electron chi connectivity index (χ1n) is 10.6. The van der Waals surface area contributed by atoms with Crippen LogP contribution in [0.3, 0.4) is 0 Å². The molecule has 14 heteroatoms. The summed E-state index contributed by atoms with van der Waals surface area (Å²) in [6, 6.07) is -5.21. The van der Waals surface area contributed by atoms with E-state index in [-0.39, 0.29) is 12.8 Å². The molecule has 1 aromatic heterocycles. The number of carbonyl (C=O) groups excluding carboxylic acids is 3. The van der Waals surface area contributed by atoms with E-state index in [1.54, 1.807) is 13.8 Å². The Hall–Kier alpha value is -3.52. The van der Waals surface area contributed by atoms with E-state index in [2.05, 4.69) is 25.9 Å². The van der Waals surface area contributed by atoms with Crippen LogP contribution in [0.25, 0.3) is 0 Å². The molecule has 190 valence electrons. The maximum atomic E-state index is 12.9. The number of aliphatic hydroxyl groups excluding tert-OH is 1. The number of nitrogens with two attached hydrogens (primary N) is 1. The van der Waals surface area contributed by atoms with E-state index in [1.165, 1.54) is 12.5 Å². The molecular weight excluding hydrogens is 452 g/mol. The van der Waals surface area contributed by atoms with Crippen molar-refractivity contribution in [2.24, 2.45) is 11.7 Å². The normalized spacial score (nSPS) is 15.5. The lowest BCUT2D eigenvalue weighted by molar-refractivity contribution is -0.145. The number of carboxylic acids is 2. The van der Waals surface area contributed by atoms with E-state index in [4.69, 9.17) is 15.9 Å². The van der Waals surface area contributed by atoms with Gasteiger partial charge in [-0.05, 0) is 19.3 Å². The van der Waals surface area contributed by atoms with Gasteiger partial charge in [0.2, 0.25) is 17.7 Å². The van der Waals surface area contributed by atoms with Gasteiger partial charge in [-0.3, -0.25) is 19.2 Å². The number of H-pyrrole nitrogens is 1. The molecular formula is C20H32N6O8. The van der Waals surface area contributed by atoms with Crippen molar-refractivity contribution in [1.82, 2.24) is 25.9 Å². The lowest BCUT2D eigenvalue weighted by Gasteiger charge is -2.27. The minimum atomic E-state index is -1.67. The van der Waals surface area contributed by atoms with Gasteiger partial charge in [-0.1, -0.05) is 13.8 Å². The number of nitrogens with zero attached hydrogens (tertiary/aromatic N) is 1. The molecule has 5 unspecified atom stereocenters. The van der Waals surface area contributed by atoms with E-state index in [1.807, 2.05) is 0 Å². The number of carboxylic acid groups (broad SMARTS) is 2. The molecule has 0 spiro atoms. The number of aromatic nitrogens is 2. The van der Waals surface area contributed by atoms with Crippen molar-refractivity contribution in [3.05, 3.63) is 18.2 Å². The molecule has 0 saturated carbocycles. The zero-order valence-corrected chi connectivity index (χ0v) is 19.1. The highest BCUT2D eigenvalue weighted by Crippen LogP contribution is 2.07. The van der Waals surface area contributed by atoms with Crippen LogP contribution in [-0.4, -0.2) is 85.2 Å². The van der Waals surface area contributed by atoms with Gasteiger partial charge >= 0.3 is 11.9 Å². The molecule has 0 saturated heterocycles. The zero-order valence-electron chi connectivity index (χ0n) is 19.1. The van der Waals surface area contributed by atoms with Gasteiger partial charge in [-0.25, -0.2) is 9.78 Å². The van der Waals surface area contributed by atoms with Crippen LogP contribution in [0.4, 0.5) is 0 Å². The number of amides is 3. The Morgan fingerprint density at radius 2 is 1.62 bits per heavy atom. The minimum absolute atomic E-state index is 0.137. The second kappa shape index (κ2) is 13.3. The van der Waals surface area contributed by atoms with E-state index in [0.717, 1.165) is 6.92 Å². The van der Waals surface area contributed by atoms with E-state index >= 15 is 0 Å². The van der Waals surface area contributed by atoms with Gasteiger partial charge in [0.05, 0.1) is 18.5 Å². The number of aliphatic carboxylic acids is 2. The Bertz CT molecular complexity index is 857. The molecule has 1 heterocycles. The van der Waals surface area contributed by atoms with Crippen LogP contribution >= 0.6 is 0 Å². The van der Waals surface area contributed by atoms with Gasteiger partial charge in [0, 0.05) is 24.7 Å². The molecule has 34 heavy (non-hydrogen) atoms. The fourth-order valence-electron chi connectivity index (χ4n) is 2.96. The van der Waals surface area contributed by atoms with Crippen molar-refractivity contribution in [3.63, 3.8) is 0 Å². The quantitative estimate of drug-likeness (QED) is 0.141. The maximum Gasteiger partial charge on any atom is 0.328 e. The Morgan fingerprint density at radius 1 is 1.00 bits per heavy atom. The van der Waals surface area contributed by atoms with Crippen LogP contribution in [0.15, 0.2) is 12.5 Å². The van der Waals surface area contributed by atoms with Crippen molar-refractivity contribution in [1.29, 1.82) is 0 Å². The summed E-state index contributed by atoms with van der Waals surface area (Å²) in [6.45, 7) is 4.44. The van der Waals surface area contributed by atoms with Gasteiger partial charge < -0.3 is 42.0 Å². The summed E-state index contributed by atoms with van der Waals surface area (Å²) < 4.78 is 0. The number of carbonyl (C=O) groups is 5. The van der Waals surface area contributed by atoms with E-state index in [0.29, 0.717) is 5.69 Å². The molecule has 5 atom stereocenters. The number of aliphatic hydroxyl groups is 1. The third-order valence-corrected chi connectivity index (χ3v) is 4.90. The Labute approximate surface area is 195 Å². The second-order valence-corrected chi connectivity index (χ2v) is 8.18.